The molecule has 1 aromatic carbocycles. The molecular weight excluding hydrogens is 198 g/mol. The van der Waals surface area contributed by atoms with Gasteiger partial charge in [0.25, 0.3) is 0 Å². The first-order valence-electron chi connectivity index (χ1n) is 4.62. The summed E-state index contributed by atoms with van der Waals surface area (Å²) in [6.45, 7) is 0. The Balaban J connectivity index is 2.32. The van der Waals surface area contributed by atoms with E-state index < -0.39 is 15.2 Å². The van der Waals surface area contributed by atoms with Crippen molar-refractivity contribution in [2.24, 2.45) is 5.92 Å². The third kappa shape index (κ3) is 1.67. The molecule has 0 bridgehead atoms. The van der Waals surface area contributed by atoms with Crippen LogP contribution in [-0.4, -0.2) is 13.8 Å². The smallest absolute Gasteiger partial charge is 0.195 e. The van der Waals surface area contributed by atoms with Gasteiger partial charge < -0.3 is 0 Å². The molecule has 1 atom stereocenters. The quantitative estimate of drug-likeness (QED) is 0.758. The minimum Gasteiger partial charge on any atom is -0.238 e. The third-order valence-electron chi connectivity index (χ3n) is 2.46. The highest BCUT2D eigenvalue weighted by molar-refractivity contribution is 7.92. The number of rotatable bonds is 3. The van der Waals surface area contributed by atoms with E-state index in [1.165, 1.54) is 0 Å². The lowest BCUT2D eigenvalue weighted by Gasteiger charge is -2.10. The second kappa shape index (κ2) is 3.37. The fourth-order valence-electron chi connectivity index (χ4n) is 1.41. The summed E-state index contributed by atoms with van der Waals surface area (Å²) in [5.41, 5.74) is 7.64. The average molecular weight is 210 g/mol. The highest BCUT2D eigenvalue weighted by Crippen LogP contribution is 2.36. The first-order valence-corrected chi connectivity index (χ1v) is 6.17. The Labute approximate surface area is 83.9 Å². The van der Waals surface area contributed by atoms with E-state index >= 15 is 0 Å². The van der Waals surface area contributed by atoms with Gasteiger partial charge in [-0.15, -0.1) is 0 Å². The van der Waals surface area contributed by atoms with Crippen LogP contribution in [0.2, 0.25) is 0 Å². The van der Waals surface area contributed by atoms with Crippen LogP contribution in [0.5, 0.6) is 0 Å². The van der Waals surface area contributed by atoms with Gasteiger partial charge in [0.05, 0.1) is 4.90 Å². The predicted octanol–water partition coefficient (Wildman–Crippen LogP) is 1.48. The SMILES string of the molecule is [NH]C(C1CC1)S(=O)(=O)c1ccccc1. The van der Waals surface area contributed by atoms with E-state index in [-0.39, 0.29) is 10.8 Å². The summed E-state index contributed by atoms with van der Waals surface area (Å²) in [4.78, 5) is 0.270. The molecule has 14 heavy (non-hydrogen) atoms. The maximum absolute atomic E-state index is 11.8. The molecule has 3 nitrogen and oxygen atoms in total. The molecule has 1 saturated carbocycles. The van der Waals surface area contributed by atoms with Gasteiger partial charge in [-0.2, -0.15) is 0 Å². The summed E-state index contributed by atoms with van der Waals surface area (Å²) < 4.78 is 23.7. The second-order valence-corrected chi connectivity index (χ2v) is 5.69. The highest BCUT2D eigenvalue weighted by Gasteiger charge is 2.38. The van der Waals surface area contributed by atoms with Crippen LogP contribution in [0.15, 0.2) is 35.2 Å². The zero-order valence-electron chi connectivity index (χ0n) is 7.68. The summed E-state index contributed by atoms with van der Waals surface area (Å²) in [6, 6.07) is 8.26. The van der Waals surface area contributed by atoms with E-state index in [0.29, 0.717) is 0 Å². The molecule has 1 aromatic rings. The van der Waals surface area contributed by atoms with Crippen LogP contribution in [0, 0.1) is 5.92 Å². The van der Waals surface area contributed by atoms with Gasteiger partial charge in [0.15, 0.2) is 9.84 Å². The normalized spacial score (nSPS) is 19.2. The van der Waals surface area contributed by atoms with Gasteiger partial charge in [0, 0.05) is 0 Å². The zero-order valence-corrected chi connectivity index (χ0v) is 8.50. The van der Waals surface area contributed by atoms with E-state index in [4.69, 9.17) is 5.73 Å². The van der Waals surface area contributed by atoms with Gasteiger partial charge in [0.2, 0.25) is 0 Å². The molecule has 0 spiro atoms. The van der Waals surface area contributed by atoms with Crippen LogP contribution in [0.3, 0.4) is 0 Å². The third-order valence-corrected chi connectivity index (χ3v) is 4.44. The summed E-state index contributed by atoms with van der Waals surface area (Å²) in [6.07, 6.45) is 1.75. The first-order chi connectivity index (χ1) is 6.62. The van der Waals surface area contributed by atoms with Gasteiger partial charge in [-0.25, -0.2) is 14.2 Å². The van der Waals surface area contributed by atoms with Gasteiger partial charge in [-0.05, 0) is 30.9 Å². The van der Waals surface area contributed by atoms with Crippen molar-refractivity contribution in [3.05, 3.63) is 30.3 Å². The Hall–Kier alpha value is -0.870. The number of hydrogen-bond acceptors (Lipinski definition) is 2. The van der Waals surface area contributed by atoms with E-state index in [0.717, 1.165) is 12.8 Å². The fourth-order valence-corrected chi connectivity index (χ4v) is 3.02. The van der Waals surface area contributed by atoms with Crippen molar-refractivity contribution < 1.29 is 8.42 Å². The van der Waals surface area contributed by atoms with Crippen molar-refractivity contribution in [3.63, 3.8) is 0 Å². The molecule has 2 rings (SSSR count). The van der Waals surface area contributed by atoms with Gasteiger partial charge in [-0.3, -0.25) is 0 Å². The molecule has 4 heteroatoms. The van der Waals surface area contributed by atoms with Crippen molar-refractivity contribution >= 4 is 9.84 Å². The standard InChI is InChI=1S/C10H12NO2S/c11-10(8-6-7-8)14(12,13)9-4-2-1-3-5-9/h1-5,8,10-11H,6-7H2. The Bertz CT molecular complexity index is 409. The summed E-state index contributed by atoms with van der Waals surface area (Å²) in [5.74, 6) is 0.0557. The molecule has 1 aliphatic rings. The average Bonchev–Trinajstić information content (AvgIpc) is 3.01. The molecule has 1 radical (unpaired) electrons. The van der Waals surface area contributed by atoms with Crippen LogP contribution in [0.25, 0.3) is 0 Å². The van der Waals surface area contributed by atoms with Gasteiger partial charge in [0.1, 0.15) is 5.37 Å². The van der Waals surface area contributed by atoms with Crippen molar-refractivity contribution in [2.45, 2.75) is 23.1 Å². The Morgan fingerprint density at radius 1 is 1.21 bits per heavy atom. The lowest BCUT2D eigenvalue weighted by atomic mass is 10.4. The van der Waals surface area contributed by atoms with Crippen molar-refractivity contribution in [2.75, 3.05) is 0 Å². The van der Waals surface area contributed by atoms with Gasteiger partial charge in [-0.1, -0.05) is 18.2 Å². The van der Waals surface area contributed by atoms with Crippen LogP contribution in [-0.2, 0) is 9.84 Å². The predicted molar refractivity (Wildman–Crippen MR) is 53.2 cm³/mol. The van der Waals surface area contributed by atoms with Crippen molar-refractivity contribution in [1.82, 2.24) is 5.73 Å². The molecule has 1 unspecified atom stereocenters. The topological polar surface area (TPSA) is 57.9 Å². The molecule has 0 aliphatic heterocycles. The van der Waals surface area contributed by atoms with E-state index in [9.17, 15) is 8.42 Å². The molecule has 1 aliphatic carbocycles. The molecule has 0 saturated heterocycles. The lowest BCUT2D eigenvalue weighted by molar-refractivity contribution is 0.566. The fraction of sp³-hybridized carbons (Fsp3) is 0.400. The summed E-state index contributed by atoms with van der Waals surface area (Å²) >= 11 is 0. The zero-order chi connectivity index (χ0) is 10.2. The van der Waals surface area contributed by atoms with E-state index in [1.54, 1.807) is 30.3 Å². The molecule has 0 amide bonds. The van der Waals surface area contributed by atoms with E-state index in [1.807, 2.05) is 0 Å². The minimum atomic E-state index is -3.41. The Morgan fingerprint density at radius 2 is 1.79 bits per heavy atom. The summed E-state index contributed by atoms with van der Waals surface area (Å²) in [5, 5.41) is -0.968. The van der Waals surface area contributed by atoms with Crippen LogP contribution in [0.4, 0.5) is 0 Å². The summed E-state index contributed by atoms with van der Waals surface area (Å²) in [7, 11) is -3.41. The first kappa shape index (κ1) is 9.68. The Kier molecular flexibility index (Phi) is 2.33. The maximum atomic E-state index is 11.8. The van der Waals surface area contributed by atoms with Crippen LogP contribution < -0.4 is 5.73 Å². The number of benzene rings is 1. The number of hydrogen-bond donors (Lipinski definition) is 0. The molecular formula is C10H12NO2S. The molecule has 1 N–H and O–H groups in total. The maximum Gasteiger partial charge on any atom is 0.195 e. The van der Waals surface area contributed by atoms with Gasteiger partial charge >= 0.3 is 0 Å². The second-order valence-electron chi connectivity index (χ2n) is 3.62. The van der Waals surface area contributed by atoms with E-state index in [2.05, 4.69) is 0 Å². The highest BCUT2D eigenvalue weighted by atomic mass is 32.2. The largest absolute Gasteiger partial charge is 0.238 e. The van der Waals surface area contributed by atoms with Crippen LogP contribution >= 0.6 is 0 Å². The number of sulfone groups is 1. The Morgan fingerprint density at radius 3 is 2.29 bits per heavy atom. The van der Waals surface area contributed by atoms with Crippen LogP contribution in [0.1, 0.15) is 12.8 Å². The number of nitrogens with one attached hydrogen (secondary N) is 1. The minimum absolute atomic E-state index is 0.0557. The monoisotopic (exact) mass is 210 g/mol. The van der Waals surface area contributed by atoms with Crippen molar-refractivity contribution in [3.8, 4) is 0 Å². The lowest BCUT2D eigenvalue weighted by Crippen LogP contribution is -2.24. The molecule has 0 aromatic heterocycles. The molecule has 75 valence electrons. The molecule has 0 heterocycles. The molecule has 1 fully saturated rings. The van der Waals surface area contributed by atoms with Crippen molar-refractivity contribution in [1.29, 1.82) is 0 Å².